The Morgan fingerprint density at radius 3 is 2.21 bits per heavy atom. The lowest BCUT2D eigenvalue weighted by Crippen LogP contribution is -1.93. The average molecular weight is 566 g/mol. The molecule has 3 aromatic heterocycles. The summed E-state index contributed by atoms with van der Waals surface area (Å²) in [5.74, 6) is 0. The maximum absolute atomic E-state index is 6.19. The molecule has 0 bridgehead atoms. The van der Waals surface area contributed by atoms with Crippen LogP contribution >= 0.6 is 11.3 Å². The van der Waals surface area contributed by atoms with Crippen LogP contribution in [0, 0.1) is 0 Å². The van der Waals surface area contributed by atoms with Gasteiger partial charge in [0.1, 0.15) is 11.2 Å². The fourth-order valence-corrected chi connectivity index (χ4v) is 7.88. The number of nitrogens with zero attached hydrogens (tertiary/aromatic N) is 1. The Morgan fingerprint density at radius 2 is 1.28 bits per heavy atom. The summed E-state index contributed by atoms with van der Waals surface area (Å²) in [5, 5.41) is 13.4. The Labute approximate surface area is 250 Å². The molecule has 0 fully saturated rings. The minimum Gasteiger partial charge on any atom is -0.456 e. The highest BCUT2D eigenvalue weighted by Gasteiger charge is 2.18. The molecule has 2 nitrogen and oxygen atoms in total. The molecule has 0 saturated carbocycles. The zero-order valence-corrected chi connectivity index (χ0v) is 23.9. The molecule has 3 heterocycles. The summed E-state index contributed by atoms with van der Waals surface area (Å²) in [6, 6.07) is 48.7. The molecule has 43 heavy (non-hydrogen) atoms. The number of para-hydroxylation sites is 3. The molecule has 0 saturated heterocycles. The van der Waals surface area contributed by atoms with Crippen molar-refractivity contribution in [3.8, 4) is 16.8 Å². The quantitative estimate of drug-likeness (QED) is 0.191. The second-order valence-electron chi connectivity index (χ2n) is 11.4. The van der Waals surface area contributed by atoms with Crippen molar-refractivity contribution in [1.29, 1.82) is 0 Å². The van der Waals surface area contributed by atoms with E-state index in [0.29, 0.717) is 0 Å². The van der Waals surface area contributed by atoms with Crippen molar-refractivity contribution < 1.29 is 4.42 Å². The standard InChI is InChI=1S/C40H23NOS/c1-2-8-27(9-3-1)41-36-12-6-4-10-28(36)34-22-32-30(24-14-15-39-35(18-24)29-11-5-7-13-38(29)42-39)20-26-21-40-25(16-17-43-40)19-31(26)33(32)23-37(34)41/h1-23H. The predicted octanol–water partition coefficient (Wildman–Crippen LogP) is 11.9. The van der Waals surface area contributed by atoms with Gasteiger partial charge in [-0.25, -0.2) is 0 Å². The number of furan rings is 1. The molecule has 0 aliphatic heterocycles. The van der Waals surface area contributed by atoms with Crippen LogP contribution in [-0.2, 0) is 0 Å². The summed E-state index contributed by atoms with van der Waals surface area (Å²) in [4.78, 5) is 0. The van der Waals surface area contributed by atoms with Gasteiger partial charge in [-0.1, -0.05) is 60.7 Å². The molecule has 0 N–H and O–H groups in total. The molecule has 0 aliphatic rings. The van der Waals surface area contributed by atoms with E-state index in [9.17, 15) is 0 Å². The SMILES string of the molecule is c1ccc(-n2c3ccccc3c3cc4c(-c5ccc6oc7ccccc7c6c5)cc5cc6sccc6cc5c4cc32)cc1. The first kappa shape index (κ1) is 23.2. The van der Waals surface area contributed by atoms with Gasteiger partial charge in [-0.15, -0.1) is 11.3 Å². The zero-order valence-electron chi connectivity index (χ0n) is 23.0. The van der Waals surface area contributed by atoms with Crippen molar-refractivity contribution in [2.75, 3.05) is 0 Å². The summed E-state index contributed by atoms with van der Waals surface area (Å²) in [6.45, 7) is 0. The van der Waals surface area contributed by atoms with Gasteiger partial charge in [-0.05, 0) is 116 Å². The third-order valence-electron chi connectivity index (χ3n) is 9.02. The van der Waals surface area contributed by atoms with E-state index in [4.69, 9.17) is 4.42 Å². The molecule has 3 heteroatoms. The van der Waals surface area contributed by atoms with E-state index < -0.39 is 0 Å². The topological polar surface area (TPSA) is 18.1 Å². The van der Waals surface area contributed by atoms with Crippen LogP contribution in [0.5, 0.6) is 0 Å². The molecule has 0 amide bonds. The van der Waals surface area contributed by atoms with Gasteiger partial charge >= 0.3 is 0 Å². The lowest BCUT2D eigenvalue weighted by atomic mass is 9.91. The minimum atomic E-state index is 0.920. The first-order valence-electron chi connectivity index (χ1n) is 14.6. The molecule has 0 radical (unpaired) electrons. The zero-order chi connectivity index (χ0) is 28.1. The number of thiophene rings is 1. The summed E-state index contributed by atoms with van der Waals surface area (Å²) in [5.41, 5.74) is 7.90. The number of aromatic nitrogens is 1. The van der Waals surface area contributed by atoms with Crippen LogP contribution < -0.4 is 0 Å². The Bertz CT molecular complexity index is 2720. The summed E-state index contributed by atoms with van der Waals surface area (Å²) >= 11 is 1.80. The van der Waals surface area contributed by atoms with Gasteiger partial charge in [0, 0.05) is 31.9 Å². The summed E-state index contributed by atoms with van der Waals surface area (Å²) < 4.78 is 9.92. The smallest absolute Gasteiger partial charge is 0.135 e. The van der Waals surface area contributed by atoms with E-state index in [1.54, 1.807) is 11.3 Å². The van der Waals surface area contributed by atoms with Crippen molar-refractivity contribution in [2.24, 2.45) is 0 Å². The van der Waals surface area contributed by atoms with Gasteiger partial charge in [0.05, 0.1) is 11.0 Å². The van der Waals surface area contributed by atoms with E-state index in [0.717, 1.165) is 21.9 Å². The van der Waals surface area contributed by atoms with Gasteiger partial charge in [-0.3, -0.25) is 0 Å². The number of fused-ring (bicyclic) bond motifs is 10. The Balaban J connectivity index is 1.38. The van der Waals surface area contributed by atoms with E-state index in [-0.39, 0.29) is 0 Å². The van der Waals surface area contributed by atoms with E-state index in [1.165, 1.54) is 70.3 Å². The van der Waals surface area contributed by atoms with Crippen molar-refractivity contribution >= 4 is 86.7 Å². The third kappa shape index (κ3) is 3.28. The molecule has 10 rings (SSSR count). The van der Waals surface area contributed by atoms with Crippen molar-refractivity contribution in [3.05, 3.63) is 139 Å². The molecular formula is C40H23NOS. The first-order valence-corrected chi connectivity index (χ1v) is 15.5. The fourth-order valence-electron chi connectivity index (χ4n) is 7.06. The number of benzene rings is 7. The normalized spacial score (nSPS) is 12.2. The Kier molecular flexibility index (Phi) is 4.63. The maximum Gasteiger partial charge on any atom is 0.135 e. The second-order valence-corrected chi connectivity index (χ2v) is 12.3. The van der Waals surface area contributed by atoms with Crippen molar-refractivity contribution in [1.82, 2.24) is 4.57 Å². The van der Waals surface area contributed by atoms with Crippen LogP contribution in [0.2, 0.25) is 0 Å². The van der Waals surface area contributed by atoms with Crippen LogP contribution in [0.15, 0.2) is 143 Å². The lowest BCUT2D eigenvalue weighted by Gasteiger charge is -2.14. The van der Waals surface area contributed by atoms with Crippen LogP contribution in [-0.4, -0.2) is 4.57 Å². The summed E-state index contributed by atoms with van der Waals surface area (Å²) in [7, 11) is 0. The molecule has 0 aliphatic carbocycles. The maximum atomic E-state index is 6.19. The number of rotatable bonds is 2. The van der Waals surface area contributed by atoms with E-state index in [2.05, 4.69) is 131 Å². The lowest BCUT2D eigenvalue weighted by molar-refractivity contribution is 0.669. The predicted molar refractivity (Wildman–Crippen MR) is 184 cm³/mol. The molecule has 0 unspecified atom stereocenters. The third-order valence-corrected chi connectivity index (χ3v) is 9.90. The van der Waals surface area contributed by atoms with Crippen LogP contribution in [0.4, 0.5) is 0 Å². The van der Waals surface area contributed by atoms with Crippen LogP contribution in [0.3, 0.4) is 0 Å². The Morgan fingerprint density at radius 1 is 0.465 bits per heavy atom. The van der Waals surface area contributed by atoms with E-state index in [1.807, 2.05) is 12.1 Å². The molecule has 7 aromatic carbocycles. The van der Waals surface area contributed by atoms with Gasteiger partial charge in [0.2, 0.25) is 0 Å². The van der Waals surface area contributed by atoms with Crippen molar-refractivity contribution in [3.63, 3.8) is 0 Å². The summed E-state index contributed by atoms with van der Waals surface area (Å²) in [6.07, 6.45) is 0. The van der Waals surface area contributed by atoms with Crippen LogP contribution in [0.25, 0.3) is 92.2 Å². The van der Waals surface area contributed by atoms with Gasteiger partial charge in [-0.2, -0.15) is 0 Å². The van der Waals surface area contributed by atoms with Crippen LogP contribution in [0.1, 0.15) is 0 Å². The second kappa shape index (κ2) is 8.57. The van der Waals surface area contributed by atoms with E-state index >= 15 is 0 Å². The van der Waals surface area contributed by atoms with Crippen molar-refractivity contribution in [2.45, 2.75) is 0 Å². The van der Waals surface area contributed by atoms with Gasteiger partial charge < -0.3 is 8.98 Å². The first-order chi connectivity index (χ1) is 21.3. The number of hydrogen-bond donors (Lipinski definition) is 0. The highest BCUT2D eigenvalue weighted by molar-refractivity contribution is 7.17. The minimum absolute atomic E-state index is 0.920. The van der Waals surface area contributed by atoms with Gasteiger partial charge in [0.15, 0.2) is 0 Å². The highest BCUT2D eigenvalue weighted by atomic mass is 32.1. The molecule has 0 spiro atoms. The molecule has 10 aromatic rings. The molecule has 200 valence electrons. The molecule has 0 atom stereocenters. The average Bonchev–Trinajstić information content (AvgIpc) is 3.76. The highest BCUT2D eigenvalue weighted by Crippen LogP contribution is 2.43. The van der Waals surface area contributed by atoms with Gasteiger partial charge in [0.25, 0.3) is 0 Å². The fraction of sp³-hybridized carbons (Fsp3) is 0. The monoisotopic (exact) mass is 565 g/mol. The largest absolute Gasteiger partial charge is 0.456 e. The molecular weight excluding hydrogens is 543 g/mol. The number of hydrogen-bond acceptors (Lipinski definition) is 2. The Hall–Kier alpha value is -5.38.